The van der Waals surface area contributed by atoms with Crippen molar-refractivity contribution < 1.29 is 34.4 Å². The third-order valence-electron chi connectivity index (χ3n) is 1.20. The Morgan fingerprint density at radius 1 is 1.67 bits per heavy atom. The van der Waals surface area contributed by atoms with Crippen molar-refractivity contribution in [1.29, 1.82) is 0 Å². The summed E-state index contributed by atoms with van der Waals surface area (Å²) in [6.07, 6.45) is 4.10. The zero-order valence-corrected chi connectivity index (χ0v) is 9.51. The third kappa shape index (κ3) is 3.74. The Bertz CT molecular complexity index is 241. The maximum absolute atomic E-state index is 10.5. The van der Waals surface area contributed by atoms with Crippen LogP contribution in [0.25, 0.3) is 0 Å². The van der Waals surface area contributed by atoms with Gasteiger partial charge in [0.05, 0.1) is 0 Å². The molecule has 0 aromatic heterocycles. The van der Waals surface area contributed by atoms with Crippen molar-refractivity contribution in [1.82, 2.24) is 0 Å². The molecule has 0 rings (SSSR count). The zero-order chi connectivity index (χ0) is 9.56. The Labute approximate surface area is 81.8 Å². The summed E-state index contributed by atoms with van der Waals surface area (Å²) in [5, 5.41) is 17.3. The number of carboxylic acid groups (broad SMARTS) is 1. The first-order valence-electron chi connectivity index (χ1n) is 3.20. The fourth-order valence-electron chi connectivity index (χ4n) is 0.531. The van der Waals surface area contributed by atoms with Crippen LogP contribution in [0.3, 0.4) is 0 Å². The molecule has 0 saturated heterocycles. The number of carbonyl (C=O) groups is 1. The molecule has 0 spiro atoms. The molecule has 3 nitrogen and oxygen atoms in total. The number of hydrogen-bond donors (Lipinski definition) is 2. The summed E-state index contributed by atoms with van der Waals surface area (Å²) < 4.78 is 1.55. The molecule has 2 N–H and O–H groups in total. The number of rotatable bonds is 4. The van der Waals surface area contributed by atoms with Gasteiger partial charge in [-0.05, 0) is 0 Å². The number of aliphatic carboxylic acids is 1. The molecule has 0 bridgehead atoms. The van der Waals surface area contributed by atoms with Gasteiger partial charge in [-0.25, -0.2) is 0 Å². The fraction of sp³-hybridized carbons (Fsp3) is 0.250. The normalized spacial score (nSPS) is 12.8. The molecule has 0 aromatic rings. The number of aliphatic hydroxyl groups is 1. The molecule has 0 atom stereocenters. The molecule has 66 valence electrons. The quantitative estimate of drug-likeness (QED) is 0.434. The zero-order valence-electron chi connectivity index (χ0n) is 6.57. The number of allylic oxidation sites excluding steroid dienone is 1. The van der Waals surface area contributed by atoms with Crippen LogP contribution < -0.4 is 0 Å². The molecular formula is C8H9O3W-. The molecule has 0 fully saturated rings. The number of aliphatic hydroxyl groups excluding tert-OH is 1. The minimum atomic E-state index is -0.980. The predicted molar refractivity (Wildman–Crippen MR) is 41.3 cm³/mol. The first-order chi connectivity index (χ1) is 5.65. The average molecular weight is 337 g/mol. The molecule has 12 heavy (non-hydrogen) atoms. The van der Waals surface area contributed by atoms with Crippen LogP contribution in [0, 0.1) is 6.08 Å². The van der Waals surface area contributed by atoms with E-state index in [9.17, 15) is 4.79 Å². The molecule has 4 heteroatoms. The standard InChI is InChI=1S/C8H9O3.W/c1-3-7(5-9)4-6(2)8(10)11;/h2,4,9H,5H2,1H3,(H,10,11);/q-1;/b6-4+;. The summed E-state index contributed by atoms with van der Waals surface area (Å²) in [5.74, 6) is -0.980. The number of hydrogen-bond acceptors (Lipinski definition) is 2. The van der Waals surface area contributed by atoms with Crippen molar-refractivity contribution in [2.45, 2.75) is 6.92 Å². The maximum atomic E-state index is 10.5. The molecular weight excluding hydrogens is 328 g/mol. The van der Waals surface area contributed by atoms with Gasteiger partial charge < -0.3 is 0 Å². The fourth-order valence-corrected chi connectivity index (χ4v) is 1.14. The minimum absolute atomic E-state index is 0.184. The van der Waals surface area contributed by atoms with E-state index in [1.165, 1.54) is 6.08 Å². The Kier molecular flexibility index (Phi) is 5.77. The molecule has 0 unspecified atom stereocenters. The van der Waals surface area contributed by atoms with Gasteiger partial charge in [0.2, 0.25) is 0 Å². The molecule has 0 radical (unpaired) electrons. The van der Waals surface area contributed by atoms with Crippen LogP contribution in [0.5, 0.6) is 0 Å². The molecule has 0 saturated carbocycles. The van der Waals surface area contributed by atoms with E-state index >= 15 is 0 Å². The Morgan fingerprint density at radius 3 is 2.50 bits per heavy atom. The summed E-state index contributed by atoms with van der Waals surface area (Å²) in [6, 6.07) is 0. The molecule has 0 aromatic carbocycles. The van der Waals surface area contributed by atoms with Crippen molar-refractivity contribution >= 4 is 10.4 Å². The third-order valence-corrected chi connectivity index (χ3v) is 2.11. The molecule has 0 aliphatic rings. The Hall–Kier alpha value is -0.532. The van der Waals surface area contributed by atoms with Crippen molar-refractivity contribution in [3.8, 4) is 0 Å². The van der Waals surface area contributed by atoms with Gasteiger partial charge >= 0.3 is 81.6 Å². The van der Waals surface area contributed by atoms with Crippen molar-refractivity contribution in [2.24, 2.45) is 0 Å². The molecule has 0 aliphatic heterocycles. The van der Waals surface area contributed by atoms with Crippen LogP contribution in [0.1, 0.15) is 6.92 Å². The van der Waals surface area contributed by atoms with E-state index in [4.69, 9.17) is 10.2 Å². The van der Waals surface area contributed by atoms with E-state index in [-0.39, 0.29) is 12.2 Å². The van der Waals surface area contributed by atoms with Gasteiger partial charge in [0.1, 0.15) is 0 Å². The van der Waals surface area contributed by atoms with Crippen LogP contribution >= 0.6 is 0 Å². The summed E-state index contributed by atoms with van der Waals surface area (Å²) in [6.45, 7) is 1.44. The summed E-state index contributed by atoms with van der Waals surface area (Å²) in [5.41, 5.74) is 0.688. The van der Waals surface area contributed by atoms with Crippen LogP contribution in [-0.4, -0.2) is 27.2 Å². The van der Waals surface area contributed by atoms with Crippen LogP contribution in [0.2, 0.25) is 0 Å². The van der Waals surface area contributed by atoms with E-state index in [0.717, 1.165) is 19.4 Å². The second-order valence-corrected chi connectivity index (χ2v) is 2.80. The monoisotopic (exact) mass is 337 g/mol. The van der Waals surface area contributed by atoms with Crippen molar-refractivity contribution in [2.75, 3.05) is 6.61 Å². The van der Waals surface area contributed by atoms with E-state index in [1.807, 2.05) is 0 Å². The second kappa shape index (κ2) is 6.04. The first kappa shape index (κ1) is 11.5. The van der Waals surface area contributed by atoms with Crippen molar-refractivity contribution in [3.05, 3.63) is 23.3 Å². The summed E-state index contributed by atoms with van der Waals surface area (Å²) in [4.78, 5) is 10.5. The van der Waals surface area contributed by atoms with Gasteiger partial charge in [0.15, 0.2) is 0 Å². The molecule has 0 heterocycles. The van der Waals surface area contributed by atoms with Crippen LogP contribution in [-0.2, 0) is 24.1 Å². The molecule has 0 aliphatic carbocycles. The average Bonchev–Trinajstić information content (AvgIpc) is 2.06. The van der Waals surface area contributed by atoms with Crippen LogP contribution in [0.4, 0.5) is 0 Å². The predicted octanol–water partition coefficient (Wildman–Crippen LogP) is 0.0882. The van der Waals surface area contributed by atoms with E-state index < -0.39 is 5.97 Å². The van der Waals surface area contributed by atoms with Gasteiger partial charge in [-0.3, -0.25) is 0 Å². The Morgan fingerprint density at radius 2 is 2.25 bits per heavy atom. The van der Waals surface area contributed by atoms with E-state index in [0.29, 0.717) is 5.57 Å². The van der Waals surface area contributed by atoms with Gasteiger partial charge in [0.25, 0.3) is 0 Å². The Balaban J connectivity index is 4.70. The van der Waals surface area contributed by atoms with E-state index in [2.05, 4.69) is 6.08 Å². The second-order valence-electron chi connectivity index (χ2n) is 1.96. The molecule has 0 amide bonds. The topological polar surface area (TPSA) is 57.5 Å². The van der Waals surface area contributed by atoms with Gasteiger partial charge in [-0.2, -0.15) is 0 Å². The van der Waals surface area contributed by atoms with Gasteiger partial charge in [-0.1, -0.05) is 0 Å². The first-order valence-corrected chi connectivity index (χ1v) is 4.89. The SMILES string of the molecule is C[C-]=C(/C=C(\[CH]=[W])C(=O)O)CO. The van der Waals surface area contributed by atoms with Crippen molar-refractivity contribution in [3.63, 3.8) is 0 Å². The van der Waals surface area contributed by atoms with E-state index in [1.54, 1.807) is 11.3 Å². The summed E-state index contributed by atoms with van der Waals surface area (Å²) >= 11 is 1.06. The number of carboxylic acids is 1. The van der Waals surface area contributed by atoms with Crippen LogP contribution in [0.15, 0.2) is 17.2 Å². The van der Waals surface area contributed by atoms with Gasteiger partial charge in [-0.15, -0.1) is 0 Å². The van der Waals surface area contributed by atoms with Gasteiger partial charge in [0, 0.05) is 0 Å². The summed E-state index contributed by atoms with van der Waals surface area (Å²) in [7, 11) is 0.